The van der Waals surface area contributed by atoms with E-state index in [1.54, 1.807) is 21.3 Å². The van der Waals surface area contributed by atoms with Crippen molar-refractivity contribution in [3.05, 3.63) is 102 Å². The van der Waals surface area contributed by atoms with Crippen molar-refractivity contribution < 1.29 is 57.0 Å². The van der Waals surface area contributed by atoms with E-state index < -0.39 is 6.29 Å². The van der Waals surface area contributed by atoms with Gasteiger partial charge in [0.25, 0.3) is 0 Å². The Morgan fingerprint density at radius 3 is 1.29 bits per heavy atom. The molecular formula is C40H52O12. The Morgan fingerprint density at radius 2 is 0.962 bits per heavy atom. The smallest absolute Gasteiger partial charge is 0.308 e. The van der Waals surface area contributed by atoms with E-state index in [2.05, 4.69) is 11.3 Å². The first kappa shape index (κ1) is 42.1. The van der Waals surface area contributed by atoms with Gasteiger partial charge in [-0.2, -0.15) is 0 Å². The van der Waals surface area contributed by atoms with Crippen molar-refractivity contribution >= 4 is 12.3 Å². The van der Waals surface area contributed by atoms with Gasteiger partial charge in [-0.3, -0.25) is 4.79 Å². The van der Waals surface area contributed by atoms with Crippen LogP contribution in [0.5, 0.6) is 17.2 Å². The van der Waals surface area contributed by atoms with E-state index >= 15 is 0 Å². The average Bonchev–Trinajstić information content (AvgIpc) is 3.99. The zero-order valence-corrected chi connectivity index (χ0v) is 30.9. The number of benzene rings is 3. The number of aldehydes is 1. The molecule has 3 aromatic carbocycles. The molecular weight excluding hydrogens is 672 g/mol. The van der Waals surface area contributed by atoms with Crippen molar-refractivity contribution in [2.24, 2.45) is 0 Å². The van der Waals surface area contributed by atoms with Gasteiger partial charge in [0.2, 0.25) is 0 Å². The van der Waals surface area contributed by atoms with Crippen LogP contribution in [0.3, 0.4) is 0 Å². The first-order valence-electron chi connectivity index (χ1n) is 17.2. The van der Waals surface area contributed by atoms with E-state index in [0.29, 0.717) is 26.2 Å². The summed E-state index contributed by atoms with van der Waals surface area (Å²) in [4.78, 5) is 21.5. The summed E-state index contributed by atoms with van der Waals surface area (Å²) < 4.78 is 53.3. The molecule has 284 valence electrons. The van der Waals surface area contributed by atoms with Crippen molar-refractivity contribution in [3.8, 4) is 17.2 Å². The summed E-state index contributed by atoms with van der Waals surface area (Å²) in [5, 5.41) is 0. The minimum Gasteiger partial charge on any atom is -0.497 e. The lowest BCUT2D eigenvalue weighted by atomic mass is 10.2. The third-order valence-corrected chi connectivity index (χ3v) is 7.82. The lowest BCUT2D eigenvalue weighted by Crippen LogP contribution is -2.16. The molecule has 3 aromatic rings. The molecule has 0 spiro atoms. The summed E-state index contributed by atoms with van der Waals surface area (Å²) in [6.07, 6.45) is 2.84. The SMILES string of the molecule is C=CC[C@H]1COC(c2ccc(OC)cc2)O1.CC.COC(=O)C[C@H]1COC(c2ccc(OC)cc2)O1.COc1ccc(C2OC[C@H](CC=O)O2)cc1. The van der Waals surface area contributed by atoms with Crippen LogP contribution in [0.1, 0.15) is 68.7 Å². The Morgan fingerprint density at radius 1 is 0.615 bits per heavy atom. The number of hydrogen-bond acceptors (Lipinski definition) is 12. The lowest BCUT2D eigenvalue weighted by molar-refractivity contribution is -0.144. The molecule has 3 aliphatic rings. The number of ether oxygens (including phenoxy) is 10. The van der Waals surface area contributed by atoms with Crippen LogP contribution in [0.2, 0.25) is 0 Å². The molecule has 12 heteroatoms. The van der Waals surface area contributed by atoms with E-state index in [-0.39, 0.29) is 43.3 Å². The van der Waals surface area contributed by atoms with E-state index in [0.717, 1.165) is 46.6 Å². The second kappa shape index (κ2) is 23.3. The Bertz CT molecular complexity index is 1370. The van der Waals surface area contributed by atoms with Gasteiger partial charge in [0, 0.05) is 23.1 Å². The van der Waals surface area contributed by atoms with Gasteiger partial charge in [-0.1, -0.05) is 56.3 Å². The third-order valence-electron chi connectivity index (χ3n) is 7.82. The standard InChI is InChI=1S/C13H16O5.C13H16O3.C12H14O4.C2H6/c1-15-10-5-3-9(4-6-10)13-17-8-11(18-13)7-12(14)16-2;1-3-4-12-9-15-13(16-12)10-5-7-11(14-2)8-6-10;1-14-10-4-2-9(3-5-10)12-15-8-11(16-12)6-7-13;1-2/h3-6,11,13H,7-8H2,1-2H3;3,5-8,12-13H,1,4,9H2,2H3;2-5,7,11-12H,6,8H2,1H3;1-2H3/t11-,13?;12-,13?;11-,12?;/m000./s1. The minimum absolute atomic E-state index is 0.121. The molecule has 0 radical (unpaired) electrons. The molecule has 0 aliphatic carbocycles. The van der Waals surface area contributed by atoms with Gasteiger partial charge in [0.15, 0.2) is 18.9 Å². The molecule has 0 saturated carbocycles. The zero-order valence-electron chi connectivity index (χ0n) is 30.9. The van der Waals surface area contributed by atoms with Crippen molar-refractivity contribution in [1.82, 2.24) is 0 Å². The number of rotatable bonds is 12. The topological polar surface area (TPSA) is 126 Å². The van der Waals surface area contributed by atoms with Crippen LogP contribution in [-0.2, 0) is 42.7 Å². The summed E-state index contributed by atoms with van der Waals surface area (Å²) in [6.45, 7) is 9.18. The fraction of sp³-hybridized carbons (Fsp3) is 0.450. The van der Waals surface area contributed by atoms with Crippen LogP contribution < -0.4 is 14.2 Å². The average molecular weight is 725 g/mol. The van der Waals surface area contributed by atoms with Crippen LogP contribution in [0.25, 0.3) is 0 Å². The highest BCUT2D eigenvalue weighted by atomic mass is 16.7. The van der Waals surface area contributed by atoms with Gasteiger partial charge in [0.05, 0.1) is 73.0 Å². The predicted octanol–water partition coefficient (Wildman–Crippen LogP) is 7.08. The summed E-state index contributed by atoms with van der Waals surface area (Å²) in [6, 6.07) is 22.7. The largest absolute Gasteiger partial charge is 0.497 e. The number of methoxy groups -OCH3 is 4. The van der Waals surface area contributed by atoms with Crippen LogP contribution in [0.15, 0.2) is 85.5 Å². The van der Waals surface area contributed by atoms with Gasteiger partial charge < -0.3 is 52.2 Å². The summed E-state index contributed by atoms with van der Waals surface area (Å²) in [5.41, 5.74) is 2.87. The number of carbonyl (C=O) groups excluding carboxylic acids is 2. The molecule has 0 amide bonds. The van der Waals surface area contributed by atoms with E-state index in [4.69, 9.17) is 42.6 Å². The Hall–Kier alpha value is -4.30. The second-order valence-electron chi connectivity index (χ2n) is 11.3. The fourth-order valence-corrected chi connectivity index (χ4v) is 5.07. The van der Waals surface area contributed by atoms with Gasteiger partial charge in [-0.25, -0.2) is 0 Å². The molecule has 3 fully saturated rings. The highest BCUT2D eigenvalue weighted by molar-refractivity contribution is 5.69. The molecule has 3 heterocycles. The van der Waals surface area contributed by atoms with Crippen molar-refractivity contribution in [2.75, 3.05) is 48.3 Å². The quantitative estimate of drug-likeness (QED) is 0.108. The van der Waals surface area contributed by atoms with Gasteiger partial charge in [-0.05, 0) is 42.8 Å². The van der Waals surface area contributed by atoms with Crippen LogP contribution in [0, 0.1) is 0 Å². The van der Waals surface area contributed by atoms with Crippen molar-refractivity contribution in [3.63, 3.8) is 0 Å². The maximum Gasteiger partial charge on any atom is 0.308 e. The molecule has 6 rings (SSSR count). The molecule has 0 bridgehead atoms. The summed E-state index contributed by atoms with van der Waals surface area (Å²) >= 11 is 0. The van der Waals surface area contributed by atoms with E-state index in [1.165, 1.54) is 7.11 Å². The van der Waals surface area contributed by atoms with Crippen LogP contribution in [0.4, 0.5) is 0 Å². The monoisotopic (exact) mass is 724 g/mol. The highest BCUT2D eigenvalue weighted by Crippen LogP contribution is 2.31. The van der Waals surface area contributed by atoms with Crippen LogP contribution >= 0.6 is 0 Å². The van der Waals surface area contributed by atoms with Crippen LogP contribution in [-0.4, -0.2) is 78.8 Å². The number of esters is 1. The molecule has 6 atom stereocenters. The van der Waals surface area contributed by atoms with Gasteiger partial charge in [0.1, 0.15) is 23.5 Å². The number of carbonyl (C=O) groups is 2. The predicted molar refractivity (Wildman–Crippen MR) is 193 cm³/mol. The Balaban J connectivity index is 0.000000206. The molecule has 12 nitrogen and oxygen atoms in total. The third kappa shape index (κ3) is 13.4. The first-order valence-corrected chi connectivity index (χ1v) is 17.2. The summed E-state index contributed by atoms with van der Waals surface area (Å²) in [5.74, 6) is 2.12. The normalized spacial score (nSPS) is 23.0. The maximum atomic E-state index is 11.1. The van der Waals surface area contributed by atoms with Crippen molar-refractivity contribution in [1.29, 1.82) is 0 Å². The highest BCUT2D eigenvalue weighted by Gasteiger charge is 2.30. The number of hydrogen-bond donors (Lipinski definition) is 0. The molecule has 52 heavy (non-hydrogen) atoms. The maximum absolute atomic E-state index is 11.1. The van der Waals surface area contributed by atoms with E-state index in [1.807, 2.05) is 92.7 Å². The molecule has 3 aliphatic heterocycles. The molecule has 0 aromatic heterocycles. The Kier molecular flexibility index (Phi) is 18.9. The molecule has 0 N–H and O–H groups in total. The molecule has 3 unspecified atom stereocenters. The minimum atomic E-state index is -0.425. The Labute approximate surface area is 306 Å². The lowest BCUT2D eigenvalue weighted by Gasteiger charge is -2.11. The zero-order chi connectivity index (χ0) is 37.7. The molecule has 3 saturated heterocycles. The summed E-state index contributed by atoms with van der Waals surface area (Å²) in [7, 11) is 6.25. The second-order valence-corrected chi connectivity index (χ2v) is 11.3. The van der Waals surface area contributed by atoms with E-state index in [9.17, 15) is 9.59 Å². The van der Waals surface area contributed by atoms with Gasteiger partial charge >= 0.3 is 5.97 Å². The van der Waals surface area contributed by atoms with Gasteiger partial charge in [-0.15, -0.1) is 6.58 Å². The fourth-order valence-electron chi connectivity index (χ4n) is 5.07. The van der Waals surface area contributed by atoms with Crippen molar-refractivity contribution in [2.45, 2.75) is 70.3 Å². The first-order chi connectivity index (χ1) is 25.4.